The summed E-state index contributed by atoms with van der Waals surface area (Å²) in [4.78, 5) is 0. The van der Waals surface area contributed by atoms with E-state index in [-0.39, 0.29) is 0 Å². The maximum Gasteiger partial charge on any atom is 0.127 e. The van der Waals surface area contributed by atoms with Crippen LogP contribution in [0.3, 0.4) is 0 Å². The van der Waals surface area contributed by atoms with Gasteiger partial charge in [-0.15, -0.1) is 0 Å². The molecule has 1 heterocycles. The van der Waals surface area contributed by atoms with Crippen LogP contribution in [0.15, 0.2) is 48.5 Å². The largest absolute Gasteiger partial charge is 0.457 e. The molecule has 1 aliphatic rings. The van der Waals surface area contributed by atoms with E-state index >= 15 is 0 Å². The molecular formula is C17H19NO. The zero-order valence-corrected chi connectivity index (χ0v) is 11.2. The Labute approximate surface area is 114 Å². The molecule has 19 heavy (non-hydrogen) atoms. The van der Waals surface area contributed by atoms with Crippen molar-refractivity contribution in [3.8, 4) is 11.5 Å². The number of para-hydroxylation sites is 1. The number of nitrogens with one attached hydrogen (secondary N) is 1. The molecule has 0 saturated heterocycles. The van der Waals surface area contributed by atoms with Gasteiger partial charge in [-0.2, -0.15) is 0 Å². The summed E-state index contributed by atoms with van der Waals surface area (Å²) in [5.74, 6) is 2.44. The molecule has 1 N–H and O–H groups in total. The fourth-order valence-corrected chi connectivity index (χ4v) is 2.68. The van der Waals surface area contributed by atoms with Crippen LogP contribution in [0, 0.1) is 0 Å². The van der Waals surface area contributed by atoms with Crippen molar-refractivity contribution >= 4 is 0 Å². The third-order valence-corrected chi connectivity index (χ3v) is 3.73. The first-order valence-corrected chi connectivity index (χ1v) is 6.93. The maximum atomic E-state index is 5.89. The van der Waals surface area contributed by atoms with Crippen LogP contribution in [-0.4, -0.2) is 6.54 Å². The third kappa shape index (κ3) is 2.64. The molecule has 0 aromatic heterocycles. The van der Waals surface area contributed by atoms with E-state index in [4.69, 9.17) is 4.74 Å². The normalized spacial score (nSPS) is 17.8. The van der Waals surface area contributed by atoms with Crippen molar-refractivity contribution in [1.29, 1.82) is 0 Å². The van der Waals surface area contributed by atoms with Gasteiger partial charge in [0.15, 0.2) is 0 Å². The molecule has 0 amide bonds. The molecule has 0 radical (unpaired) electrons. The Morgan fingerprint density at radius 1 is 1.11 bits per heavy atom. The average Bonchev–Trinajstić information content (AvgIpc) is 2.47. The van der Waals surface area contributed by atoms with Crippen LogP contribution in [0.25, 0.3) is 0 Å². The molecule has 1 aliphatic heterocycles. The van der Waals surface area contributed by atoms with Crippen molar-refractivity contribution in [1.82, 2.24) is 5.32 Å². The quantitative estimate of drug-likeness (QED) is 0.890. The van der Waals surface area contributed by atoms with E-state index in [0.717, 1.165) is 24.6 Å². The highest BCUT2D eigenvalue weighted by Gasteiger charge is 2.18. The Hall–Kier alpha value is -1.80. The topological polar surface area (TPSA) is 21.3 Å². The van der Waals surface area contributed by atoms with Crippen LogP contribution in [-0.2, 0) is 6.54 Å². The van der Waals surface area contributed by atoms with Gasteiger partial charge in [0, 0.05) is 13.1 Å². The second-order valence-electron chi connectivity index (χ2n) is 5.01. The first kappa shape index (κ1) is 12.2. The minimum atomic E-state index is 0.634. The van der Waals surface area contributed by atoms with Gasteiger partial charge in [0.25, 0.3) is 0 Å². The Morgan fingerprint density at radius 2 is 1.95 bits per heavy atom. The van der Waals surface area contributed by atoms with Gasteiger partial charge in [-0.05, 0) is 47.7 Å². The fourth-order valence-electron chi connectivity index (χ4n) is 2.68. The summed E-state index contributed by atoms with van der Waals surface area (Å²) in [6, 6.07) is 16.4. The van der Waals surface area contributed by atoms with Gasteiger partial charge in [-0.3, -0.25) is 0 Å². The van der Waals surface area contributed by atoms with Gasteiger partial charge < -0.3 is 10.1 Å². The highest BCUT2D eigenvalue weighted by Crippen LogP contribution is 2.31. The van der Waals surface area contributed by atoms with Crippen LogP contribution in [0.2, 0.25) is 0 Å². The zero-order valence-electron chi connectivity index (χ0n) is 11.2. The number of fused-ring (bicyclic) bond motifs is 1. The molecule has 0 fully saturated rings. The lowest BCUT2D eigenvalue weighted by Crippen LogP contribution is -2.27. The lowest BCUT2D eigenvalue weighted by molar-refractivity contribution is 0.476. The third-order valence-electron chi connectivity index (χ3n) is 3.73. The van der Waals surface area contributed by atoms with Crippen LogP contribution in [0.5, 0.6) is 11.5 Å². The van der Waals surface area contributed by atoms with E-state index in [2.05, 4.69) is 30.4 Å². The van der Waals surface area contributed by atoms with E-state index < -0.39 is 0 Å². The number of hydrogen-bond acceptors (Lipinski definition) is 2. The second kappa shape index (κ2) is 5.45. The van der Waals surface area contributed by atoms with Crippen molar-refractivity contribution in [2.45, 2.75) is 25.8 Å². The number of hydrogen-bond donors (Lipinski definition) is 1. The molecule has 3 rings (SSSR count). The summed E-state index contributed by atoms with van der Waals surface area (Å²) in [5, 5.41) is 3.48. The lowest BCUT2D eigenvalue weighted by atomic mass is 9.89. The van der Waals surface area contributed by atoms with Gasteiger partial charge in [-0.1, -0.05) is 31.2 Å². The SMILES string of the molecule is CCC1CNCc2cc(Oc3ccccc3)ccc21. The van der Waals surface area contributed by atoms with Crippen LogP contribution in [0.1, 0.15) is 30.4 Å². The maximum absolute atomic E-state index is 5.89. The minimum absolute atomic E-state index is 0.634. The summed E-state index contributed by atoms with van der Waals surface area (Å²) in [7, 11) is 0. The summed E-state index contributed by atoms with van der Waals surface area (Å²) in [5.41, 5.74) is 2.84. The molecule has 2 nitrogen and oxygen atoms in total. The molecule has 0 bridgehead atoms. The van der Waals surface area contributed by atoms with Gasteiger partial charge in [-0.25, -0.2) is 0 Å². The van der Waals surface area contributed by atoms with Gasteiger partial charge >= 0.3 is 0 Å². The second-order valence-corrected chi connectivity index (χ2v) is 5.01. The average molecular weight is 253 g/mol. The monoisotopic (exact) mass is 253 g/mol. The Balaban J connectivity index is 1.85. The summed E-state index contributed by atoms with van der Waals surface area (Å²) >= 11 is 0. The molecule has 1 unspecified atom stereocenters. The molecule has 2 aromatic rings. The first-order valence-electron chi connectivity index (χ1n) is 6.93. The predicted octanol–water partition coefficient (Wildman–Crippen LogP) is 4.08. The number of benzene rings is 2. The standard InChI is InChI=1S/C17H19NO/c1-2-13-11-18-12-14-10-16(8-9-17(13)14)19-15-6-4-3-5-7-15/h3-10,13,18H,2,11-12H2,1H3. The molecular weight excluding hydrogens is 234 g/mol. The predicted molar refractivity (Wildman–Crippen MR) is 77.7 cm³/mol. The molecule has 98 valence electrons. The molecule has 2 aromatic carbocycles. The summed E-state index contributed by atoms with van der Waals surface area (Å²) in [6.45, 7) is 4.27. The number of ether oxygens (including phenoxy) is 1. The molecule has 2 heteroatoms. The van der Waals surface area contributed by atoms with Crippen molar-refractivity contribution < 1.29 is 4.74 Å². The van der Waals surface area contributed by atoms with E-state index in [1.807, 2.05) is 30.3 Å². The number of rotatable bonds is 3. The van der Waals surface area contributed by atoms with Gasteiger partial charge in [0.2, 0.25) is 0 Å². The fraction of sp³-hybridized carbons (Fsp3) is 0.294. The van der Waals surface area contributed by atoms with E-state index in [1.54, 1.807) is 0 Å². The zero-order chi connectivity index (χ0) is 13.1. The Kier molecular flexibility index (Phi) is 3.51. The Morgan fingerprint density at radius 3 is 2.74 bits per heavy atom. The summed E-state index contributed by atoms with van der Waals surface area (Å²) < 4.78 is 5.89. The van der Waals surface area contributed by atoms with Crippen molar-refractivity contribution in [2.24, 2.45) is 0 Å². The molecule has 1 atom stereocenters. The minimum Gasteiger partial charge on any atom is -0.457 e. The van der Waals surface area contributed by atoms with E-state index in [0.29, 0.717) is 5.92 Å². The lowest BCUT2D eigenvalue weighted by Gasteiger charge is -2.26. The van der Waals surface area contributed by atoms with Crippen LogP contribution >= 0.6 is 0 Å². The Bertz CT molecular complexity index is 550. The molecule has 0 saturated carbocycles. The molecule has 0 spiro atoms. The van der Waals surface area contributed by atoms with Gasteiger partial charge in [0.05, 0.1) is 0 Å². The highest BCUT2D eigenvalue weighted by molar-refractivity contribution is 5.41. The van der Waals surface area contributed by atoms with Crippen LogP contribution in [0.4, 0.5) is 0 Å². The smallest absolute Gasteiger partial charge is 0.127 e. The first-order chi connectivity index (χ1) is 9.36. The summed E-state index contributed by atoms with van der Waals surface area (Å²) in [6.07, 6.45) is 1.18. The van der Waals surface area contributed by atoms with Crippen molar-refractivity contribution in [3.63, 3.8) is 0 Å². The highest BCUT2D eigenvalue weighted by atomic mass is 16.5. The van der Waals surface area contributed by atoms with Crippen molar-refractivity contribution in [3.05, 3.63) is 59.7 Å². The van der Waals surface area contributed by atoms with E-state index in [1.165, 1.54) is 17.5 Å². The van der Waals surface area contributed by atoms with E-state index in [9.17, 15) is 0 Å². The van der Waals surface area contributed by atoms with Crippen molar-refractivity contribution in [2.75, 3.05) is 6.54 Å². The molecule has 0 aliphatic carbocycles. The van der Waals surface area contributed by atoms with Crippen LogP contribution < -0.4 is 10.1 Å². The van der Waals surface area contributed by atoms with Gasteiger partial charge in [0.1, 0.15) is 11.5 Å².